The fourth-order valence-electron chi connectivity index (χ4n) is 5.91. The second kappa shape index (κ2) is 44.5. The number of unbranched alkanes of at least 4 members (excludes halogenated alkanes) is 17. The molecular formula is C48H85O9P. The molecule has 0 aliphatic heterocycles. The van der Waals surface area contributed by atoms with Crippen molar-refractivity contribution >= 4 is 13.8 Å². The molecular weight excluding hydrogens is 751 g/mol. The van der Waals surface area contributed by atoms with Crippen molar-refractivity contribution in [1.82, 2.24) is 0 Å². The van der Waals surface area contributed by atoms with Crippen LogP contribution in [0.2, 0.25) is 0 Å². The van der Waals surface area contributed by atoms with E-state index in [1.54, 1.807) is 0 Å². The van der Waals surface area contributed by atoms with Crippen molar-refractivity contribution in [3.63, 3.8) is 0 Å². The van der Waals surface area contributed by atoms with E-state index in [2.05, 4.69) is 86.8 Å². The van der Waals surface area contributed by atoms with Crippen LogP contribution in [-0.2, 0) is 27.9 Å². The van der Waals surface area contributed by atoms with E-state index in [-0.39, 0.29) is 13.0 Å². The molecule has 3 unspecified atom stereocenters. The van der Waals surface area contributed by atoms with Gasteiger partial charge in [-0.3, -0.25) is 13.8 Å². The van der Waals surface area contributed by atoms with Crippen LogP contribution in [0.5, 0.6) is 0 Å². The first-order valence-corrected chi connectivity index (χ1v) is 24.4. The largest absolute Gasteiger partial charge is 0.472 e. The van der Waals surface area contributed by atoms with Crippen molar-refractivity contribution in [3.05, 3.63) is 72.9 Å². The van der Waals surface area contributed by atoms with Crippen molar-refractivity contribution < 1.29 is 43.0 Å². The fraction of sp³-hybridized carbons (Fsp3) is 0.729. The lowest BCUT2D eigenvalue weighted by Crippen LogP contribution is -2.29. The standard InChI is InChI=1S/C48H85O9P/c1-3-5-7-9-11-13-15-17-19-20-21-22-23-24-25-27-29-31-33-35-37-39-41-54-44-47(45-56-58(52,53)55-43-46(50)42-49)57-48(51)40-38-36-34-32-30-28-26-18-16-14-12-10-8-6-4-2/h6,8,12,14-15,17-18,20-21,26,30,32,46-47,49-50H,3-5,7,9-11,13,16,19,22-25,27-29,31,33-45H2,1-2H3,(H,52,53)/b8-6-,14-12-,17-15-,21-20-,26-18-,32-30-. The summed E-state index contributed by atoms with van der Waals surface area (Å²) in [6, 6.07) is 0. The van der Waals surface area contributed by atoms with Gasteiger partial charge in [0.15, 0.2) is 0 Å². The Bertz CT molecular complexity index is 1130. The van der Waals surface area contributed by atoms with E-state index in [1.165, 1.54) is 89.9 Å². The predicted molar refractivity (Wildman–Crippen MR) is 242 cm³/mol. The van der Waals surface area contributed by atoms with Gasteiger partial charge in [0.1, 0.15) is 12.2 Å². The lowest BCUT2D eigenvalue weighted by molar-refractivity contribution is -0.154. The van der Waals surface area contributed by atoms with Gasteiger partial charge in [-0.25, -0.2) is 4.57 Å². The summed E-state index contributed by atoms with van der Waals surface area (Å²) in [5, 5.41) is 18.4. The molecule has 0 aromatic rings. The van der Waals surface area contributed by atoms with Crippen LogP contribution in [0.4, 0.5) is 0 Å². The predicted octanol–water partition coefficient (Wildman–Crippen LogP) is 12.9. The van der Waals surface area contributed by atoms with Gasteiger partial charge >= 0.3 is 13.8 Å². The number of carbonyl (C=O) groups is 1. The lowest BCUT2D eigenvalue weighted by Gasteiger charge is -2.20. The van der Waals surface area contributed by atoms with Crippen molar-refractivity contribution in [3.8, 4) is 0 Å². The molecule has 0 amide bonds. The molecule has 0 saturated heterocycles. The van der Waals surface area contributed by atoms with Crippen molar-refractivity contribution in [2.45, 2.75) is 193 Å². The number of hydrogen-bond donors (Lipinski definition) is 3. The van der Waals surface area contributed by atoms with Crippen LogP contribution in [0.1, 0.15) is 181 Å². The van der Waals surface area contributed by atoms with Crippen LogP contribution in [0.15, 0.2) is 72.9 Å². The van der Waals surface area contributed by atoms with E-state index in [0.717, 1.165) is 64.2 Å². The third-order valence-electron chi connectivity index (χ3n) is 9.38. The summed E-state index contributed by atoms with van der Waals surface area (Å²) < 4.78 is 33.4. The van der Waals surface area contributed by atoms with Crippen LogP contribution in [0.3, 0.4) is 0 Å². The minimum Gasteiger partial charge on any atom is -0.457 e. The van der Waals surface area contributed by atoms with E-state index in [1.807, 2.05) is 0 Å². The van der Waals surface area contributed by atoms with E-state index < -0.39 is 45.8 Å². The number of esters is 1. The number of phosphoric acid groups is 1. The van der Waals surface area contributed by atoms with Crippen molar-refractivity contribution in [2.24, 2.45) is 0 Å². The number of rotatable bonds is 43. The molecule has 0 rings (SSSR count). The Kier molecular flexibility index (Phi) is 42.8. The number of hydrogen-bond acceptors (Lipinski definition) is 8. The average Bonchev–Trinajstić information content (AvgIpc) is 3.21. The third kappa shape index (κ3) is 43.5. The Hall–Kier alpha value is -2.10. The Morgan fingerprint density at radius 1 is 0.552 bits per heavy atom. The molecule has 0 spiro atoms. The van der Waals surface area contributed by atoms with Gasteiger partial charge in [0.25, 0.3) is 0 Å². The van der Waals surface area contributed by atoms with Gasteiger partial charge in [-0.1, -0.05) is 164 Å². The zero-order valence-corrected chi connectivity index (χ0v) is 37.6. The van der Waals surface area contributed by atoms with Gasteiger partial charge in [-0.05, 0) is 83.5 Å². The Balaban J connectivity index is 4.17. The number of ether oxygens (including phenoxy) is 2. The summed E-state index contributed by atoms with van der Waals surface area (Å²) in [4.78, 5) is 22.6. The number of aliphatic hydroxyl groups excluding tert-OH is 2. The van der Waals surface area contributed by atoms with Crippen LogP contribution in [0, 0.1) is 0 Å². The quantitative estimate of drug-likeness (QED) is 0.0238. The lowest BCUT2D eigenvalue weighted by atomic mass is 10.1. The zero-order chi connectivity index (χ0) is 42.5. The highest BCUT2D eigenvalue weighted by Gasteiger charge is 2.26. The normalized spacial score (nSPS) is 14.6. The molecule has 0 fully saturated rings. The second-order valence-corrected chi connectivity index (χ2v) is 16.5. The summed E-state index contributed by atoms with van der Waals surface area (Å²) >= 11 is 0. The van der Waals surface area contributed by atoms with Crippen molar-refractivity contribution in [1.29, 1.82) is 0 Å². The second-order valence-electron chi connectivity index (χ2n) is 15.0. The number of allylic oxidation sites excluding steroid dienone is 12. The van der Waals surface area contributed by atoms with Crippen molar-refractivity contribution in [2.75, 3.05) is 33.0 Å². The first kappa shape index (κ1) is 55.9. The fourth-order valence-corrected chi connectivity index (χ4v) is 6.70. The van der Waals surface area contributed by atoms with Gasteiger partial charge < -0.3 is 24.6 Å². The molecule has 10 heteroatoms. The maximum atomic E-state index is 12.6. The number of carbonyl (C=O) groups excluding carboxylic acids is 1. The molecule has 0 radical (unpaired) electrons. The van der Waals surface area contributed by atoms with E-state index in [4.69, 9.17) is 23.6 Å². The molecule has 0 saturated carbocycles. The summed E-state index contributed by atoms with van der Waals surface area (Å²) in [5.74, 6) is -0.425. The molecule has 0 aliphatic rings. The summed E-state index contributed by atoms with van der Waals surface area (Å²) in [6.45, 7) is 3.32. The summed E-state index contributed by atoms with van der Waals surface area (Å²) in [5.41, 5.74) is 0. The van der Waals surface area contributed by atoms with E-state index in [0.29, 0.717) is 13.0 Å². The number of phosphoric ester groups is 1. The molecule has 9 nitrogen and oxygen atoms in total. The van der Waals surface area contributed by atoms with Gasteiger partial charge in [-0.15, -0.1) is 0 Å². The van der Waals surface area contributed by atoms with Gasteiger partial charge in [0.05, 0.1) is 26.4 Å². The van der Waals surface area contributed by atoms with Gasteiger partial charge in [0.2, 0.25) is 0 Å². The van der Waals surface area contributed by atoms with E-state index >= 15 is 0 Å². The van der Waals surface area contributed by atoms with Gasteiger partial charge in [-0.2, -0.15) is 0 Å². The Morgan fingerprint density at radius 3 is 1.48 bits per heavy atom. The minimum atomic E-state index is -4.53. The first-order valence-electron chi connectivity index (χ1n) is 22.9. The van der Waals surface area contributed by atoms with Crippen LogP contribution >= 0.6 is 7.82 Å². The molecule has 0 heterocycles. The Labute approximate surface area is 354 Å². The summed E-state index contributed by atoms with van der Waals surface area (Å²) in [7, 11) is -4.53. The molecule has 3 N–H and O–H groups in total. The van der Waals surface area contributed by atoms with Crippen LogP contribution < -0.4 is 0 Å². The van der Waals surface area contributed by atoms with Gasteiger partial charge in [0, 0.05) is 13.0 Å². The molecule has 0 aromatic carbocycles. The molecule has 58 heavy (non-hydrogen) atoms. The van der Waals surface area contributed by atoms with Crippen LogP contribution in [0.25, 0.3) is 0 Å². The first-order chi connectivity index (χ1) is 28.3. The van der Waals surface area contributed by atoms with E-state index in [9.17, 15) is 19.4 Å². The SMILES string of the molecule is CC/C=C\C/C=C\C/C=C\C/C=C\CCCCC(=O)OC(COCCCCCCCCCCCC/C=C\C/C=C\CCCCCCC)COP(=O)(O)OCC(O)CO. The molecule has 0 aromatic heterocycles. The maximum absolute atomic E-state index is 12.6. The monoisotopic (exact) mass is 837 g/mol. The third-order valence-corrected chi connectivity index (χ3v) is 10.3. The molecule has 0 aliphatic carbocycles. The highest BCUT2D eigenvalue weighted by atomic mass is 31.2. The Morgan fingerprint density at radius 2 is 0.983 bits per heavy atom. The topological polar surface area (TPSA) is 132 Å². The summed E-state index contributed by atoms with van der Waals surface area (Å²) in [6.07, 6.45) is 53.0. The molecule has 336 valence electrons. The smallest absolute Gasteiger partial charge is 0.457 e. The maximum Gasteiger partial charge on any atom is 0.472 e. The average molecular weight is 837 g/mol. The highest BCUT2D eigenvalue weighted by molar-refractivity contribution is 7.47. The minimum absolute atomic E-state index is 0.0268. The molecule has 0 bridgehead atoms. The number of aliphatic hydroxyl groups is 2. The molecule has 3 atom stereocenters. The zero-order valence-electron chi connectivity index (χ0n) is 36.7. The highest BCUT2D eigenvalue weighted by Crippen LogP contribution is 2.43. The van der Waals surface area contributed by atoms with Crippen LogP contribution in [-0.4, -0.2) is 66.3 Å².